The first-order valence-corrected chi connectivity index (χ1v) is 15.9. The lowest BCUT2D eigenvalue weighted by Crippen LogP contribution is -2.30. The van der Waals surface area contributed by atoms with Crippen LogP contribution >= 0.6 is 27.7 Å². The summed E-state index contributed by atoms with van der Waals surface area (Å²) in [6, 6.07) is 37.8. The number of halogens is 1. The molecule has 3 amide bonds. The second-order valence-electron chi connectivity index (χ2n) is 10.1. The molecule has 1 unspecified atom stereocenters. The summed E-state index contributed by atoms with van der Waals surface area (Å²) < 4.78 is 0.815. The minimum Gasteiger partial charge on any atom is -0.325 e. The normalized spacial score (nSPS) is 11.6. The maximum absolute atomic E-state index is 13.6. The molecule has 0 aliphatic rings. The highest BCUT2D eigenvalue weighted by Crippen LogP contribution is 2.37. The molecule has 5 aromatic rings. The number of carbonyl (C=O) groups is 3. The van der Waals surface area contributed by atoms with Crippen molar-refractivity contribution in [2.75, 3.05) is 10.6 Å². The van der Waals surface area contributed by atoms with Gasteiger partial charge in [-0.3, -0.25) is 24.5 Å². The van der Waals surface area contributed by atoms with Crippen LogP contribution in [-0.2, 0) is 9.59 Å². The van der Waals surface area contributed by atoms with Crippen LogP contribution in [0.3, 0.4) is 0 Å². The topological polar surface area (TPSA) is 130 Å². The van der Waals surface area contributed by atoms with E-state index < -0.39 is 22.0 Å². The molecule has 0 spiro atoms. The number of anilines is 2. The third-order valence-corrected chi connectivity index (χ3v) is 8.46. The number of thioether (sulfide) groups is 1. The van der Waals surface area contributed by atoms with Crippen LogP contribution in [0.1, 0.15) is 26.7 Å². The molecule has 1 atom stereocenters. The van der Waals surface area contributed by atoms with Gasteiger partial charge in [-0.15, -0.1) is 11.8 Å². The number of nitro benzene ring substituents is 1. The molecule has 234 valence electrons. The van der Waals surface area contributed by atoms with Gasteiger partial charge in [0.05, 0.1) is 4.92 Å². The van der Waals surface area contributed by atoms with Crippen LogP contribution in [0, 0.1) is 10.1 Å². The molecular weight excluding hydrogens is 680 g/mol. The summed E-state index contributed by atoms with van der Waals surface area (Å²) in [6.07, 6.45) is 1.59. The maximum atomic E-state index is 13.6. The van der Waals surface area contributed by atoms with Gasteiger partial charge in [0, 0.05) is 38.4 Å². The second-order valence-corrected chi connectivity index (χ2v) is 12.2. The Balaban J connectivity index is 1.36. The number of hydrogen-bond acceptors (Lipinski definition) is 6. The third kappa shape index (κ3) is 9.25. The van der Waals surface area contributed by atoms with E-state index in [9.17, 15) is 24.5 Å². The van der Waals surface area contributed by atoms with E-state index in [2.05, 4.69) is 31.9 Å². The molecule has 0 aliphatic carbocycles. The largest absolute Gasteiger partial charge is 0.325 e. The molecular formula is C36H27BrN4O5S. The van der Waals surface area contributed by atoms with Gasteiger partial charge < -0.3 is 16.0 Å². The van der Waals surface area contributed by atoms with E-state index in [-0.39, 0.29) is 17.3 Å². The summed E-state index contributed by atoms with van der Waals surface area (Å²) in [5, 5.41) is 18.8. The molecule has 0 aliphatic heterocycles. The maximum Gasteiger partial charge on any atom is 0.272 e. The van der Waals surface area contributed by atoms with Crippen LogP contribution in [0.25, 0.3) is 6.08 Å². The molecule has 5 rings (SSSR count). The molecule has 0 radical (unpaired) electrons. The Morgan fingerprint density at radius 3 is 2.11 bits per heavy atom. The molecule has 0 aromatic heterocycles. The van der Waals surface area contributed by atoms with E-state index in [1.165, 1.54) is 36.0 Å². The summed E-state index contributed by atoms with van der Waals surface area (Å²) in [5.41, 5.74) is 2.69. The highest BCUT2D eigenvalue weighted by atomic mass is 79.9. The van der Waals surface area contributed by atoms with Crippen LogP contribution in [-0.4, -0.2) is 22.6 Å². The molecule has 11 heteroatoms. The van der Waals surface area contributed by atoms with Gasteiger partial charge in [-0.25, -0.2) is 0 Å². The molecule has 0 fully saturated rings. The first kappa shape index (κ1) is 32.9. The first-order valence-electron chi connectivity index (χ1n) is 14.3. The Bertz CT molecular complexity index is 1940. The Kier molecular flexibility index (Phi) is 10.9. The van der Waals surface area contributed by atoms with Gasteiger partial charge in [0.15, 0.2) is 0 Å². The fourth-order valence-electron chi connectivity index (χ4n) is 4.46. The number of carbonyl (C=O) groups excluding carboxylic acids is 3. The monoisotopic (exact) mass is 706 g/mol. The van der Waals surface area contributed by atoms with Crippen molar-refractivity contribution in [1.29, 1.82) is 0 Å². The number of amides is 3. The quantitative estimate of drug-likeness (QED) is 0.0549. The Morgan fingerprint density at radius 1 is 0.745 bits per heavy atom. The van der Waals surface area contributed by atoms with Crippen LogP contribution in [0.5, 0.6) is 0 Å². The molecule has 0 saturated carbocycles. The predicted molar refractivity (Wildman–Crippen MR) is 188 cm³/mol. The number of nitrogens with zero attached hydrogens (tertiary/aromatic N) is 1. The van der Waals surface area contributed by atoms with Crippen molar-refractivity contribution in [3.05, 3.63) is 170 Å². The second kappa shape index (κ2) is 15.7. The first-order chi connectivity index (χ1) is 22.7. The lowest BCUT2D eigenvalue weighted by molar-refractivity contribution is -0.384. The van der Waals surface area contributed by atoms with Crippen molar-refractivity contribution in [3.8, 4) is 0 Å². The van der Waals surface area contributed by atoms with Crippen LogP contribution in [0.15, 0.2) is 149 Å². The Hall–Kier alpha value is -5.52. The summed E-state index contributed by atoms with van der Waals surface area (Å²) in [5.74, 6) is -1.30. The SMILES string of the molecule is O=C(Nc1cccc(SC(C(=O)Nc2ccc([N+](=O)[O-])cc2)c2ccccc2)c1)/C(=C\c1cccc(Br)c1)NC(=O)c1ccccc1. The number of nitro groups is 1. The van der Waals surface area contributed by atoms with Gasteiger partial charge >= 0.3 is 0 Å². The Labute approximate surface area is 283 Å². The minimum atomic E-state index is -0.686. The number of nitrogens with one attached hydrogen (secondary N) is 3. The minimum absolute atomic E-state index is 0.0413. The predicted octanol–water partition coefficient (Wildman–Crippen LogP) is 8.24. The van der Waals surface area contributed by atoms with Gasteiger partial charge in [0.1, 0.15) is 10.9 Å². The van der Waals surface area contributed by atoms with E-state index in [0.717, 1.165) is 10.0 Å². The van der Waals surface area contributed by atoms with E-state index in [1.54, 1.807) is 54.6 Å². The van der Waals surface area contributed by atoms with Gasteiger partial charge in [0.25, 0.3) is 17.5 Å². The highest BCUT2D eigenvalue weighted by Gasteiger charge is 2.23. The van der Waals surface area contributed by atoms with Gasteiger partial charge in [-0.1, -0.05) is 82.7 Å². The fraction of sp³-hybridized carbons (Fsp3) is 0.0278. The lowest BCUT2D eigenvalue weighted by Gasteiger charge is -2.18. The summed E-state index contributed by atoms with van der Waals surface area (Å²) >= 11 is 4.72. The number of hydrogen-bond donors (Lipinski definition) is 3. The zero-order valence-corrected chi connectivity index (χ0v) is 27.0. The molecule has 47 heavy (non-hydrogen) atoms. The van der Waals surface area contributed by atoms with E-state index in [4.69, 9.17) is 0 Å². The van der Waals surface area contributed by atoms with Crippen LogP contribution in [0.2, 0.25) is 0 Å². The van der Waals surface area contributed by atoms with Crippen molar-refractivity contribution in [1.82, 2.24) is 5.32 Å². The van der Waals surface area contributed by atoms with Crippen molar-refractivity contribution in [3.63, 3.8) is 0 Å². The van der Waals surface area contributed by atoms with Gasteiger partial charge in [0.2, 0.25) is 5.91 Å². The zero-order valence-electron chi connectivity index (χ0n) is 24.6. The summed E-state index contributed by atoms with van der Waals surface area (Å²) in [7, 11) is 0. The highest BCUT2D eigenvalue weighted by molar-refractivity contribution is 9.10. The lowest BCUT2D eigenvalue weighted by atomic mass is 10.1. The number of non-ortho nitro benzene ring substituents is 1. The van der Waals surface area contributed by atoms with Crippen molar-refractivity contribution in [2.45, 2.75) is 10.1 Å². The average Bonchev–Trinajstić information content (AvgIpc) is 3.08. The van der Waals surface area contributed by atoms with Crippen molar-refractivity contribution >= 4 is 68.6 Å². The molecule has 3 N–H and O–H groups in total. The van der Waals surface area contributed by atoms with Gasteiger partial charge in [-0.2, -0.15) is 0 Å². The van der Waals surface area contributed by atoms with E-state index in [1.807, 2.05) is 60.7 Å². The third-order valence-electron chi connectivity index (χ3n) is 6.72. The zero-order chi connectivity index (χ0) is 33.2. The fourth-order valence-corrected chi connectivity index (χ4v) is 5.96. The molecule has 5 aromatic carbocycles. The van der Waals surface area contributed by atoms with Crippen molar-refractivity contribution in [2.24, 2.45) is 0 Å². The van der Waals surface area contributed by atoms with E-state index in [0.29, 0.717) is 27.4 Å². The van der Waals surface area contributed by atoms with Gasteiger partial charge in [-0.05, 0) is 71.8 Å². The molecule has 0 bridgehead atoms. The molecule has 0 heterocycles. The molecule has 0 saturated heterocycles. The standard InChI is InChI=1S/C36H27BrN4O5S/c37-27-14-7-9-24(21-27)22-32(40-34(42)26-12-5-2-6-13-26)35(43)39-29-15-8-16-31(23-29)47-33(25-10-3-1-4-11-25)36(44)38-28-17-19-30(20-18-28)41(45)46/h1-23,33H,(H,38,44)(H,39,43)(H,40,42)/b32-22+. The van der Waals surface area contributed by atoms with Crippen LogP contribution in [0.4, 0.5) is 17.1 Å². The number of benzene rings is 5. The summed E-state index contributed by atoms with van der Waals surface area (Å²) in [6.45, 7) is 0. The van der Waals surface area contributed by atoms with E-state index >= 15 is 0 Å². The smallest absolute Gasteiger partial charge is 0.272 e. The molecule has 9 nitrogen and oxygen atoms in total. The average molecular weight is 708 g/mol. The summed E-state index contributed by atoms with van der Waals surface area (Å²) in [4.78, 5) is 51.3. The Morgan fingerprint density at radius 2 is 1.43 bits per heavy atom. The van der Waals surface area contributed by atoms with Crippen LogP contribution < -0.4 is 16.0 Å². The van der Waals surface area contributed by atoms with Crippen molar-refractivity contribution < 1.29 is 19.3 Å². The number of rotatable bonds is 11.